The van der Waals surface area contributed by atoms with Gasteiger partial charge in [-0.1, -0.05) is 30.3 Å². The average molecular weight is 304 g/mol. The van der Waals surface area contributed by atoms with E-state index >= 15 is 0 Å². The molecule has 3 nitrogen and oxygen atoms in total. The van der Waals surface area contributed by atoms with Crippen LogP contribution in [0.4, 0.5) is 10.1 Å². The minimum absolute atomic E-state index is 0.0656. The van der Waals surface area contributed by atoms with Gasteiger partial charge in [0.2, 0.25) is 5.91 Å². The summed E-state index contributed by atoms with van der Waals surface area (Å²) < 4.78 is 13.1. The summed E-state index contributed by atoms with van der Waals surface area (Å²) in [5.41, 5.74) is 7.27. The van der Waals surface area contributed by atoms with E-state index in [2.05, 4.69) is 5.32 Å². The zero-order valence-electron chi connectivity index (χ0n) is 11.7. The Balaban J connectivity index is 1.89. The molecular weight excluding hydrogens is 287 g/mol. The Hall–Kier alpha value is -2.01. The van der Waals surface area contributed by atoms with Gasteiger partial charge in [0, 0.05) is 10.6 Å². The molecule has 0 aliphatic heterocycles. The van der Waals surface area contributed by atoms with E-state index in [1.807, 2.05) is 37.3 Å². The first-order valence-corrected chi connectivity index (χ1v) is 7.57. The molecule has 5 heteroatoms. The van der Waals surface area contributed by atoms with Crippen molar-refractivity contribution in [2.75, 3.05) is 11.5 Å². The van der Waals surface area contributed by atoms with Gasteiger partial charge in [0.1, 0.15) is 5.82 Å². The Morgan fingerprint density at radius 1 is 1.29 bits per heavy atom. The van der Waals surface area contributed by atoms with E-state index in [0.717, 1.165) is 5.56 Å². The monoisotopic (exact) mass is 304 g/mol. The minimum Gasteiger partial charge on any atom is -0.398 e. The number of anilines is 1. The van der Waals surface area contributed by atoms with Crippen LogP contribution in [0, 0.1) is 5.82 Å². The fourth-order valence-corrected chi connectivity index (χ4v) is 2.69. The molecule has 2 aromatic carbocycles. The maximum atomic E-state index is 13.1. The lowest BCUT2D eigenvalue weighted by Gasteiger charge is -2.14. The van der Waals surface area contributed by atoms with E-state index < -0.39 is 0 Å². The van der Waals surface area contributed by atoms with Gasteiger partial charge in [-0.25, -0.2) is 4.39 Å². The molecule has 0 saturated carbocycles. The van der Waals surface area contributed by atoms with Crippen LogP contribution in [0.5, 0.6) is 0 Å². The fraction of sp³-hybridized carbons (Fsp3) is 0.188. The Labute approximate surface area is 127 Å². The van der Waals surface area contributed by atoms with Gasteiger partial charge in [0.25, 0.3) is 0 Å². The Morgan fingerprint density at radius 3 is 2.71 bits per heavy atom. The van der Waals surface area contributed by atoms with Crippen molar-refractivity contribution in [1.29, 1.82) is 0 Å². The van der Waals surface area contributed by atoms with Crippen LogP contribution in [0.1, 0.15) is 18.5 Å². The molecular formula is C16H17FN2OS. The smallest absolute Gasteiger partial charge is 0.230 e. The van der Waals surface area contributed by atoms with Crippen molar-refractivity contribution in [3.8, 4) is 0 Å². The molecule has 1 unspecified atom stereocenters. The summed E-state index contributed by atoms with van der Waals surface area (Å²) in [4.78, 5) is 12.5. The number of carbonyl (C=O) groups excluding carboxylic acids is 1. The summed E-state index contributed by atoms with van der Waals surface area (Å²) in [5, 5.41) is 2.91. The van der Waals surface area contributed by atoms with Crippen LogP contribution in [0.25, 0.3) is 0 Å². The predicted molar refractivity (Wildman–Crippen MR) is 84.5 cm³/mol. The number of amides is 1. The molecule has 2 rings (SSSR count). The van der Waals surface area contributed by atoms with Crippen molar-refractivity contribution in [2.45, 2.75) is 17.9 Å². The molecule has 1 amide bonds. The summed E-state index contributed by atoms with van der Waals surface area (Å²) in [7, 11) is 0. The molecule has 0 saturated heterocycles. The van der Waals surface area contributed by atoms with E-state index in [1.165, 1.54) is 30.0 Å². The van der Waals surface area contributed by atoms with Crippen LogP contribution in [-0.4, -0.2) is 11.7 Å². The molecule has 0 aliphatic carbocycles. The molecule has 0 spiro atoms. The molecule has 0 aliphatic rings. The molecule has 21 heavy (non-hydrogen) atoms. The van der Waals surface area contributed by atoms with Crippen molar-refractivity contribution >= 4 is 23.4 Å². The van der Waals surface area contributed by atoms with Crippen LogP contribution < -0.4 is 11.1 Å². The van der Waals surface area contributed by atoms with E-state index in [4.69, 9.17) is 5.73 Å². The lowest BCUT2D eigenvalue weighted by Crippen LogP contribution is -2.28. The standard InChI is InChI=1S/C16H17FN2OS/c1-11(12-5-3-2-4-6-12)19-16(20)10-21-15-9-13(17)7-8-14(15)18/h2-9,11H,10,18H2,1H3,(H,19,20). The highest BCUT2D eigenvalue weighted by atomic mass is 32.2. The number of nitrogens with two attached hydrogens (primary N) is 1. The van der Waals surface area contributed by atoms with Gasteiger partial charge < -0.3 is 11.1 Å². The second-order valence-electron chi connectivity index (χ2n) is 4.67. The lowest BCUT2D eigenvalue weighted by atomic mass is 10.1. The molecule has 0 heterocycles. The second kappa shape index (κ2) is 7.13. The maximum Gasteiger partial charge on any atom is 0.230 e. The number of carbonyl (C=O) groups is 1. The van der Waals surface area contributed by atoms with Crippen molar-refractivity contribution in [3.05, 3.63) is 59.9 Å². The molecule has 0 bridgehead atoms. The van der Waals surface area contributed by atoms with E-state index in [-0.39, 0.29) is 23.5 Å². The number of rotatable bonds is 5. The fourth-order valence-electron chi connectivity index (χ4n) is 1.88. The average Bonchev–Trinajstić information content (AvgIpc) is 2.49. The van der Waals surface area contributed by atoms with Gasteiger partial charge in [0.05, 0.1) is 11.8 Å². The molecule has 1 atom stereocenters. The highest BCUT2D eigenvalue weighted by molar-refractivity contribution is 8.00. The van der Waals surface area contributed by atoms with Gasteiger partial charge in [-0.3, -0.25) is 4.79 Å². The number of nitrogen functional groups attached to an aromatic ring is 1. The van der Waals surface area contributed by atoms with Crippen molar-refractivity contribution in [2.24, 2.45) is 0 Å². The molecule has 0 aromatic heterocycles. The normalized spacial score (nSPS) is 11.9. The molecule has 0 fully saturated rings. The van der Waals surface area contributed by atoms with Gasteiger partial charge in [-0.15, -0.1) is 11.8 Å². The summed E-state index contributed by atoms with van der Waals surface area (Å²) in [6.45, 7) is 1.93. The molecule has 3 N–H and O–H groups in total. The topological polar surface area (TPSA) is 55.1 Å². The highest BCUT2D eigenvalue weighted by Crippen LogP contribution is 2.25. The van der Waals surface area contributed by atoms with Gasteiger partial charge in [-0.2, -0.15) is 0 Å². The second-order valence-corrected chi connectivity index (χ2v) is 5.69. The number of hydrogen-bond donors (Lipinski definition) is 2. The first-order valence-electron chi connectivity index (χ1n) is 6.58. The summed E-state index contributed by atoms with van der Waals surface area (Å²) >= 11 is 1.23. The SMILES string of the molecule is CC(NC(=O)CSc1cc(F)ccc1N)c1ccccc1. The third-order valence-corrected chi connectivity index (χ3v) is 4.08. The van der Waals surface area contributed by atoms with Crippen LogP contribution in [-0.2, 0) is 4.79 Å². The number of hydrogen-bond acceptors (Lipinski definition) is 3. The zero-order valence-corrected chi connectivity index (χ0v) is 12.5. The van der Waals surface area contributed by atoms with Crippen molar-refractivity contribution < 1.29 is 9.18 Å². The number of thioether (sulfide) groups is 1. The van der Waals surface area contributed by atoms with Gasteiger partial charge in [-0.05, 0) is 30.7 Å². The molecule has 0 radical (unpaired) electrons. The third kappa shape index (κ3) is 4.49. The Kier molecular flexibility index (Phi) is 5.22. The van der Waals surface area contributed by atoms with Crippen LogP contribution >= 0.6 is 11.8 Å². The predicted octanol–water partition coefficient (Wildman–Crippen LogP) is 3.38. The Bertz CT molecular complexity index is 619. The Morgan fingerprint density at radius 2 is 2.00 bits per heavy atom. The maximum absolute atomic E-state index is 13.1. The van der Waals surface area contributed by atoms with E-state index in [0.29, 0.717) is 10.6 Å². The number of halogens is 1. The minimum atomic E-state index is -0.357. The molecule has 110 valence electrons. The van der Waals surface area contributed by atoms with Crippen molar-refractivity contribution in [3.63, 3.8) is 0 Å². The van der Waals surface area contributed by atoms with Crippen LogP contribution in [0.15, 0.2) is 53.4 Å². The van der Waals surface area contributed by atoms with Crippen LogP contribution in [0.3, 0.4) is 0 Å². The third-order valence-electron chi connectivity index (χ3n) is 3.01. The summed E-state index contributed by atoms with van der Waals surface area (Å²) in [5.74, 6) is -0.269. The summed E-state index contributed by atoms with van der Waals surface area (Å²) in [6.07, 6.45) is 0. The highest BCUT2D eigenvalue weighted by Gasteiger charge is 2.10. The van der Waals surface area contributed by atoms with Gasteiger partial charge >= 0.3 is 0 Å². The zero-order chi connectivity index (χ0) is 15.2. The lowest BCUT2D eigenvalue weighted by molar-refractivity contribution is -0.119. The quantitative estimate of drug-likeness (QED) is 0.658. The first kappa shape index (κ1) is 15.4. The van der Waals surface area contributed by atoms with E-state index in [9.17, 15) is 9.18 Å². The van der Waals surface area contributed by atoms with E-state index in [1.54, 1.807) is 0 Å². The molecule has 2 aromatic rings. The summed E-state index contributed by atoms with van der Waals surface area (Å²) in [6, 6.07) is 13.8. The van der Waals surface area contributed by atoms with Gasteiger partial charge in [0.15, 0.2) is 0 Å². The van der Waals surface area contributed by atoms with Crippen LogP contribution in [0.2, 0.25) is 0 Å². The number of benzene rings is 2. The van der Waals surface area contributed by atoms with Crippen molar-refractivity contribution in [1.82, 2.24) is 5.32 Å². The first-order chi connectivity index (χ1) is 10.1. The number of nitrogens with one attached hydrogen (secondary N) is 1. The largest absolute Gasteiger partial charge is 0.398 e.